The maximum Gasteiger partial charge on any atom is 0.427 e. The molecule has 0 radical (unpaired) electrons. The van der Waals surface area contributed by atoms with Crippen LogP contribution in [0, 0.1) is 0 Å². The molecule has 1 saturated heterocycles. The molecule has 1 aromatic rings. The molecule has 1 fully saturated rings. The Bertz CT molecular complexity index is 607. The number of halogens is 3. The molecule has 1 aliphatic heterocycles. The van der Waals surface area contributed by atoms with Crippen molar-refractivity contribution in [3.63, 3.8) is 0 Å². The molecule has 0 unspecified atom stereocenters. The Morgan fingerprint density at radius 3 is 2.45 bits per heavy atom. The van der Waals surface area contributed by atoms with Crippen molar-refractivity contribution in [3.05, 3.63) is 11.1 Å². The molecule has 0 saturated carbocycles. The van der Waals surface area contributed by atoms with Crippen LogP contribution in [0.15, 0.2) is 6.20 Å². The normalized spacial score (nSPS) is 18.2. The van der Waals surface area contributed by atoms with Gasteiger partial charge in [-0.3, -0.25) is 0 Å². The van der Waals surface area contributed by atoms with Gasteiger partial charge in [0.05, 0.1) is 11.9 Å². The van der Waals surface area contributed by atoms with Crippen LogP contribution < -0.4 is 4.90 Å². The number of anilines is 1. The molecule has 2 heterocycles. The SMILES string of the molecule is CCS(=O)(=O)N(C)C1CCN(c2ncc(C(F)(F)F)s2)CC1. The van der Waals surface area contributed by atoms with E-state index >= 15 is 0 Å². The van der Waals surface area contributed by atoms with Gasteiger partial charge in [-0.1, -0.05) is 11.3 Å². The van der Waals surface area contributed by atoms with Gasteiger partial charge in [-0.2, -0.15) is 13.2 Å². The number of nitrogens with zero attached hydrogens (tertiary/aromatic N) is 3. The zero-order valence-electron chi connectivity index (χ0n) is 12.3. The number of hydrogen-bond donors (Lipinski definition) is 0. The molecule has 126 valence electrons. The molecule has 0 atom stereocenters. The lowest BCUT2D eigenvalue weighted by molar-refractivity contribution is -0.134. The minimum atomic E-state index is -4.37. The summed E-state index contributed by atoms with van der Waals surface area (Å²) in [5.41, 5.74) is 0. The molecule has 0 amide bonds. The summed E-state index contributed by atoms with van der Waals surface area (Å²) in [5, 5.41) is 0.340. The van der Waals surface area contributed by atoms with E-state index in [0.717, 1.165) is 6.20 Å². The molecule has 2 rings (SSSR count). The molecule has 5 nitrogen and oxygen atoms in total. The number of thiazole rings is 1. The Balaban J connectivity index is 1.99. The van der Waals surface area contributed by atoms with E-state index in [1.807, 2.05) is 0 Å². The van der Waals surface area contributed by atoms with Crippen LogP contribution in [0.4, 0.5) is 18.3 Å². The van der Waals surface area contributed by atoms with Crippen molar-refractivity contribution in [2.45, 2.75) is 32.0 Å². The molecule has 10 heteroatoms. The summed E-state index contributed by atoms with van der Waals surface area (Å²) < 4.78 is 62.8. The monoisotopic (exact) mass is 357 g/mol. The minimum absolute atomic E-state index is 0.0468. The second-order valence-electron chi connectivity index (χ2n) is 5.14. The Kier molecular flexibility index (Phi) is 5.03. The number of rotatable bonds is 4. The minimum Gasteiger partial charge on any atom is -0.348 e. The summed E-state index contributed by atoms with van der Waals surface area (Å²) in [7, 11) is -1.68. The van der Waals surface area contributed by atoms with Crippen LogP contribution in [0.5, 0.6) is 0 Å². The molecule has 0 bridgehead atoms. The van der Waals surface area contributed by atoms with E-state index in [9.17, 15) is 21.6 Å². The van der Waals surface area contributed by atoms with E-state index in [0.29, 0.717) is 42.4 Å². The summed E-state index contributed by atoms with van der Waals surface area (Å²) in [4.78, 5) is 4.90. The zero-order chi connectivity index (χ0) is 16.5. The number of alkyl halides is 3. The van der Waals surface area contributed by atoms with E-state index in [4.69, 9.17) is 0 Å². The lowest BCUT2D eigenvalue weighted by Crippen LogP contribution is -2.46. The fourth-order valence-corrected chi connectivity index (χ4v) is 4.30. The highest BCUT2D eigenvalue weighted by molar-refractivity contribution is 7.89. The van der Waals surface area contributed by atoms with Crippen LogP contribution >= 0.6 is 11.3 Å². The van der Waals surface area contributed by atoms with Crippen LogP contribution in [-0.2, 0) is 16.2 Å². The van der Waals surface area contributed by atoms with Crippen LogP contribution in [0.2, 0.25) is 0 Å². The second kappa shape index (κ2) is 6.32. The van der Waals surface area contributed by atoms with Crippen LogP contribution in [0.1, 0.15) is 24.6 Å². The topological polar surface area (TPSA) is 53.5 Å². The van der Waals surface area contributed by atoms with E-state index in [1.54, 1.807) is 18.9 Å². The summed E-state index contributed by atoms with van der Waals surface area (Å²) in [6, 6.07) is -0.108. The number of aromatic nitrogens is 1. The van der Waals surface area contributed by atoms with Crippen molar-refractivity contribution >= 4 is 26.5 Å². The number of piperidine rings is 1. The predicted molar refractivity (Wildman–Crippen MR) is 79.6 cm³/mol. The Morgan fingerprint density at radius 1 is 1.41 bits per heavy atom. The molecule has 22 heavy (non-hydrogen) atoms. The van der Waals surface area contributed by atoms with Crippen molar-refractivity contribution in [1.29, 1.82) is 0 Å². The van der Waals surface area contributed by atoms with Crippen molar-refractivity contribution in [3.8, 4) is 0 Å². The van der Waals surface area contributed by atoms with Crippen molar-refractivity contribution in [1.82, 2.24) is 9.29 Å². The third-order valence-electron chi connectivity index (χ3n) is 3.83. The van der Waals surface area contributed by atoms with Crippen molar-refractivity contribution in [2.24, 2.45) is 0 Å². The second-order valence-corrected chi connectivity index (χ2v) is 8.47. The van der Waals surface area contributed by atoms with E-state index < -0.39 is 21.1 Å². The van der Waals surface area contributed by atoms with Gasteiger partial charge in [0.1, 0.15) is 4.88 Å². The lowest BCUT2D eigenvalue weighted by atomic mass is 10.1. The Hall–Kier alpha value is -0.870. The van der Waals surface area contributed by atoms with Crippen LogP contribution in [0.25, 0.3) is 0 Å². The average Bonchev–Trinajstić information content (AvgIpc) is 2.96. The van der Waals surface area contributed by atoms with Gasteiger partial charge in [-0.15, -0.1) is 0 Å². The van der Waals surface area contributed by atoms with Gasteiger partial charge in [0.25, 0.3) is 0 Å². The molecule has 0 aliphatic carbocycles. The van der Waals surface area contributed by atoms with Gasteiger partial charge in [0, 0.05) is 26.2 Å². The lowest BCUT2D eigenvalue weighted by Gasteiger charge is -2.35. The van der Waals surface area contributed by atoms with E-state index in [2.05, 4.69) is 4.98 Å². The standard InChI is InChI=1S/C12H18F3N3O2S2/c1-3-22(19,20)17(2)9-4-6-18(7-5-9)11-16-8-10(21-11)12(13,14)15/h8-9H,3-7H2,1-2H3. The summed E-state index contributed by atoms with van der Waals surface area (Å²) in [6.07, 6.45) is -2.36. The first-order valence-corrected chi connectivity index (χ1v) is 9.31. The summed E-state index contributed by atoms with van der Waals surface area (Å²) in [5.74, 6) is 0.0468. The third kappa shape index (κ3) is 3.72. The van der Waals surface area contributed by atoms with Gasteiger partial charge in [0.2, 0.25) is 10.0 Å². The van der Waals surface area contributed by atoms with Crippen LogP contribution in [-0.4, -0.2) is 49.6 Å². The van der Waals surface area contributed by atoms with E-state index in [-0.39, 0.29) is 11.8 Å². The fourth-order valence-electron chi connectivity index (χ4n) is 2.39. The molecular formula is C12H18F3N3O2S2. The molecule has 1 aliphatic rings. The van der Waals surface area contributed by atoms with Gasteiger partial charge >= 0.3 is 6.18 Å². The smallest absolute Gasteiger partial charge is 0.348 e. The quantitative estimate of drug-likeness (QED) is 0.830. The van der Waals surface area contributed by atoms with E-state index in [1.165, 1.54) is 4.31 Å². The van der Waals surface area contributed by atoms with Gasteiger partial charge in [-0.25, -0.2) is 17.7 Å². The maximum absolute atomic E-state index is 12.6. The van der Waals surface area contributed by atoms with Crippen molar-refractivity contribution < 1.29 is 21.6 Å². The molecule has 1 aromatic heterocycles. The average molecular weight is 357 g/mol. The zero-order valence-corrected chi connectivity index (χ0v) is 13.9. The molecule has 0 N–H and O–H groups in total. The highest BCUT2D eigenvalue weighted by Gasteiger charge is 2.35. The van der Waals surface area contributed by atoms with Gasteiger partial charge < -0.3 is 4.90 Å². The van der Waals surface area contributed by atoms with Crippen molar-refractivity contribution in [2.75, 3.05) is 30.8 Å². The third-order valence-corrected chi connectivity index (χ3v) is 6.83. The predicted octanol–water partition coefficient (Wildman–Crippen LogP) is 2.41. The number of sulfonamides is 1. The van der Waals surface area contributed by atoms with Gasteiger partial charge in [-0.05, 0) is 19.8 Å². The fraction of sp³-hybridized carbons (Fsp3) is 0.750. The summed E-state index contributed by atoms with van der Waals surface area (Å²) >= 11 is 0.624. The first-order valence-electron chi connectivity index (χ1n) is 6.89. The highest BCUT2D eigenvalue weighted by atomic mass is 32.2. The first-order chi connectivity index (χ1) is 10.1. The maximum atomic E-state index is 12.6. The highest BCUT2D eigenvalue weighted by Crippen LogP contribution is 2.37. The molecular weight excluding hydrogens is 339 g/mol. The largest absolute Gasteiger partial charge is 0.427 e. The Labute approximate surface area is 131 Å². The molecule has 0 spiro atoms. The number of hydrogen-bond acceptors (Lipinski definition) is 5. The summed E-state index contributed by atoms with van der Waals surface area (Å²) in [6.45, 7) is 2.59. The van der Waals surface area contributed by atoms with Crippen LogP contribution in [0.3, 0.4) is 0 Å². The Morgan fingerprint density at radius 2 is 2.00 bits per heavy atom. The first kappa shape index (κ1) is 17.5. The molecule has 0 aromatic carbocycles. The van der Waals surface area contributed by atoms with Gasteiger partial charge in [0.15, 0.2) is 5.13 Å².